The van der Waals surface area contributed by atoms with Crippen LogP contribution < -0.4 is 0 Å². The first-order chi connectivity index (χ1) is 13.0. The molecular weight excluding hydrogens is 342 g/mol. The Bertz CT molecular complexity index is 865. The van der Waals surface area contributed by atoms with Crippen LogP contribution in [0, 0.1) is 5.82 Å². The lowest BCUT2D eigenvalue weighted by atomic mass is 9.91. The predicted molar refractivity (Wildman–Crippen MR) is 105 cm³/mol. The van der Waals surface area contributed by atoms with Gasteiger partial charge in [-0.15, -0.1) is 0 Å². The van der Waals surface area contributed by atoms with E-state index in [-0.39, 0.29) is 17.8 Å². The number of benzene rings is 2. The first-order valence-corrected chi connectivity index (χ1v) is 8.82. The van der Waals surface area contributed by atoms with Gasteiger partial charge in [-0.1, -0.05) is 42.5 Å². The second kappa shape index (κ2) is 8.21. The third-order valence-corrected chi connectivity index (χ3v) is 4.60. The number of halogens is 1. The van der Waals surface area contributed by atoms with Gasteiger partial charge < -0.3 is 14.5 Å². The van der Waals surface area contributed by atoms with Gasteiger partial charge >= 0.3 is 7.41 Å². The van der Waals surface area contributed by atoms with Crippen molar-refractivity contribution in [2.45, 2.75) is 18.9 Å². The van der Waals surface area contributed by atoms with Crippen molar-refractivity contribution < 1.29 is 14.0 Å². The van der Waals surface area contributed by atoms with Crippen LogP contribution in [0.2, 0.25) is 0 Å². The molecule has 2 aromatic carbocycles. The average molecular weight is 363 g/mol. The molecule has 1 heterocycles. The van der Waals surface area contributed by atoms with Gasteiger partial charge in [-0.3, -0.25) is 4.79 Å². The van der Waals surface area contributed by atoms with Crippen LogP contribution in [0.1, 0.15) is 12.0 Å². The molecule has 1 aliphatic rings. The third kappa shape index (κ3) is 4.27. The monoisotopic (exact) mass is 363 g/mol. The fraction of sp³-hybridized carbons (Fsp3) is 0.238. The molecule has 4 nitrogen and oxygen atoms in total. The summed E-state index contributed by atoms with van der Waals surface area (Å²) in [5.74, 6) is -0.388. The maximum Gasteiger partial charge on any atom is 0.331 e. The van der Waals surface area contributed by atoms with Gasteiger partial charge in [0.25, 0.3) is 0 Å². The van der Waals surface area contributed by atoms with E-state index in [1.807, 2.05) is 49.3 Å². The summed E-state index contributed by atoms with van der Waals surface area (Å²) in [6.45, 7) is 0. The third-order valence-electron chi connectivity index (χ3n) is 4.60. The zero-order chi connectivity index (χ0) is 19.4. The van der Waals surface area contributed by atoms with Crippen molar-refractivity contribution >= 4 is 19.5 Å². The number of nitrogens with zero attached hydrogens (tertiary/aromatic N) is 2. The first kappa shape index (κ1) is 18.9. The Kier molecular flexibility index (Phi) is 5.74. The van der Waals surface area contributed by atoms with Gasteiger partial charge in [0, 0.05) is 37.5 Å². The van der Waals surface area contributed by atoms with Gasteiger partial charge in [-0.05, 0) is 30.0 Å². The molecule has 6 heteroatoms. The number of carbonyl (C=O) groups excluding carboxylic acids is 2. The summed E-state index contributed by atoms with van der Waals surface area (Å²) in [6.07, 6.45) is 3.65. The minimum atomic E-state index is -0.253. The second-order valence-corrected chi connectivity index (χ2v) is 6.85. The highest BCUT2D eigenvalue weighted by Gasteiger charge is 2.35. The maximum absolute atomic E-state index is 13.9. The van der Waals surface area contributed by atoms with Crippen LogP contribution in [0.4, 0.5) is 4.39 Å². The standard InChI is InChI=1S/C21H21BFN2O2/c1-24(2)13-17-12-18(25(21(17)27)22-14-26)11-15-7-9-16(10-8-15)19-5-3-4-6-20(19)23/h3-10,13-14,18H,11-12H2,1-2H3/b17-13-/t18-/m1/s1. The zero-order valence-electron chi connectivity index (χ0n) is 15.4. The van der Waals surface area contributed by atoms with Gasteiger partial charge in [0.2, 0.25) is 5.91 Å². The molecule has 1 amide bonds. The van der Waals surface area contributed by atoms with E-state index in [1.54, 1.807) is 18.3 Å². The molecule has 1 saturated heterocycles. The molecule has 0 aromatic heterocycles. The van der Waals surface area contributed by atoms with Crippen LogP contribution in [0.25, 0.3) is 11.1 Å². The lowest BCUT2D eigenvalue weighted by Gasteiger charge is -2.22. The zero-order valence-corrected chi connectivity index (χ0v) is 15.4. The van der Waals surface area contributed by atoms with Crippen LogP contribution in [-0.2, 0) is 16.0 Å². The van der Waals surface area contributed by atoms with Crippen molar-refractivity contribution in [1.82, 2.24) is 9.71 Å². The Morgan fingerprint density at radius 2 is 1.89 bits per heavy atom. The van der Waals surface area contributed by atoms with Crippen molar-refractivity contribution in [3.05, 3.63) is 71.7 Å². The number of carbonyl (C=O) groups is 2. The normalized spacial score (nSPS) is 18.0. The van der Waals surface area contributed by atoms with Crippen molar-refractivity contribution in [2.24, 2.45) is 0 Å². The van der Waals surface area contributed by atoms with Crippen LogP contribution in [0.15, 0.2) is 60.3 Å². The quantitative estimate of drug-likeness (QED) is 0.450. The van der Waals surface area contributed by atoms with Gasteiger partial charge in [-0.25, -0.2) is 4.39 Å². The first-order valence-electron chi connectivity index (χ1n) is 8.82. The number of rotatable bonds is 6. The van der Waals surface area contributed by atoms with E-state index in [4.69, 9.17) is 0 Å². The van der Waals surface area contributed by atoms with Crippen LogP contribution in [0.3, 0.4) is 0 Å². The summed E-state index contributed by atoms with van der Waals surface area (Å²) < 4.78 is 13.9. The average Bonchev–Trinajstić information content (AvgIpc) is 2.91. The molecule has 1 fully saturated rings. The molecule has 0 aliphatic carbocycles. The van der Waals surface area contributed by atoms with E-state index < -0.39 is 0 Å². The van der Waals surface area contributed by atoms with Gasteiger partial charge in [0.15, 0.2) is 0 Å². The Hall–Kier alpha value is -2.89. The van der Waals surface area contributed by atoms with Crippen LogP contribution in [-0.4, -0.2) is 49.4 Å². The molecule has 1 aliphatic heterocycles. The van der Waals surface area contributed by atoms with E-state index in [9.17, 15) is 14.0 Å². The Balaban J connectivity index is 1.78. The molecule has 2 aromatic rings. The Morgan fingerprint density at radius 3 is 2.52 bits per heavy atom. The lowest BCUT2D eigenvalue weighted by Crippen LogP contribution is -2.38. The summed E-state index contributed by atoms with van der Waals surface area (Å²) in [4.78, 5) is 26.8. The molecule has 0 bridgehead atoms. The van der Waals surface area contributed by atoms with Gasteiger partial charge in [0.1, 0.15) is 12.0 Å². The van der Waals surface area contributed by atoms with E-state index in [1.165, 1.54) is 18.3 Å². The second-order valence-electron chi connectivity index (χ2n) is 6.85. The summed E-state index contributed by atoms with van der Waals surface area (Å²) in [5.41, 5.74) is 3.09. The molecule has 1 atom stereocenters. The fourth-order valence-corrected chi connectivity index (χ4v) is 3.40. The highest BCUT2D eigenvalue weighted by atomic mass is 19.1. The molecule has 1 radical (unpaired) electrons. The number of hydrogen-bond acceptors (Lipinski definition) is 3. The molecule has 137 valence electrons. The summed E-state index contributed by atoms with van der Waals surface area (Å²) in [6, 6.07) is 14.2. The summed E-state index contributed by atoms with van der Waals surface area (Å²) in [5, 5.41) is 0. The van der Waals surface area contributed by atoms with Crippen LogP contribution >= 0.6 is 0 Å². The van der Waals surface area contributed by atoms with E-state index in [0.717, 1.165) is 11.1 Å². The van der Waals surface area contributed by atoms with E-state index in [0.29, 0.717) is 30.2 Å². The predicted octanol–water partition coefficient (Wildman–Crippen LogP) is 2.89. The maximum atomic E-state index is 13.9. The SMILES string of the molecule is CN(C)/C=C1/C[C@@H](Cc2ccc(-c3ccccc3F)cc2)N([B]C=O)C1=O. The number of amides is 1. The minimum Gasteiger partial charge on any atom is -0.383 e. The highest BCUT2D eigenvalue weighted by molar-refractivity contribution is 6.66. The molecule has 0 spiro atoms. The molecular formula is C21H21BFN2O2. The van der Waals surface area contributed by atoms with E-state index >= 15 is 0 Å². The molecule has 0 saturated carbocycles. The topological polar surface area (TPSA) is 40.6 Å². The summed E-state index contributed by atoms with van der Waals surface area (Å²) >= 11 is 0. The van der Waals surface area contributed by atoms with Crippen LogP contribution in [0.5, 0.6) is 0 Å². The minimum absolute atomic E-state index is 0.104. The Labute approximate surface area is 159 Å². The molecule has 0 N–H and O–H groups in total. The van der Waals surface area contributed by atoms with Gasteiger partial charge in [-0.2, -0.15) is 0 Å². The van der Waals surface area contributed by atoms with Gasteiger partial charge in [0.05, 0.1) is 0 Å². The molecule has 27 heavy (non-hydrogen) atoms. The van der Waals surface area contributed by atoms with Crippen molar-refractivity contribution in [2.75, 3.05) is 14.1 Å². The van der Waals surface area contributed by atoms with E-state index in [2.05, 4.69) is 0 Å². The summed E-state index contributed by atoms with van der Waals surface area (Å²) in [7, 11) is 5.03. The smallest absolute Gasteiger partial charge is 0.331 e. The highest BCUT2D eigenvalue weighted by Crippen LogP contribution is 2.28. The number of hydrogen-bond donors (Lipinski definition) is 0. The fourth-order valence-electron chi connectivity index (χ4n) is 3.40. The van der Waals surface area contributed by atoms with Crippen molar-refractivity contribution in [1.29, 1.82) is 0 Å². The molecule has 0 unspecified atom stereocenters. The molecule has 3 rings (SSSR count). The lowest BCUT2D eigenvalue weighted by molar-refractivity contribution is -0.121. The largest absolute Gasteiger partial charge is 0.383 e. The van der Waals surface area contributed by atoms with Crippen molar-refractivity contribution in [3.63, 3.8) is 0 Å². The Morgan fingerprint density at radius 1 is 1.19 bits per heavy atom. The van der Waals surface area contributed by atoms with Crippen molar-refractivity contribution in [3.8, 4) is 11.1 Å².